The van der Waals surface area contributed by atoms with Gasteiger partial charge in [0.15, 0.2) is 5.82 Å². The third kappa shape index (κ3) is 2.64. The fourth-order valence-electron chi connectivity index (χ4n) is 2.33. The summed E-state index contributed by atoms with van der Waals surface area (Å²) in [4.78, 5) is 0. The Kier molecular flexibility index (Phi) is 3.75. The van der Waals surface area contributed by atoms with Gasteiger partial charge in [0.2, 0.25) is 0 Å². The lowest BCUT2D eigenvalue weighted by molar-refractivity contribution is 0.592. The van der Waals surface area contributed by atoms with Crippen molar-refractivity contribution in [2.75, 3.05) is 11.1 Å². The van der Waals surface area contributed by atoms with Crippen molar-refractivity contribution in [3.05, 3.63) is 35.5 Å². The second-order valence-corrected chi connectivity index (χ2v) is 6.08. The molecule has 20 heavy (non-hydrogen) atoms. The lowest BCUT2D eigenvalue weighted by Crippen LogP contribution is -2.14. The van der Waals surface area contributed by atoms with E-state index < -0.39 is 0 Å². The monoisotopic (exact) mass is 272 g/mol. The molecule has 3 N–H and O–H groups in total. The summed E-state index contributed by atoms with van der Waals surface area (Å²) in [6.07, 6.45) is 0. The van der Waals surface area contributed by atoms with E-state index in [1.54, 1.807) is 0 Å². The highest BCUT2D eigenvalue weighted by Crippen LogP contribution is 2.33. The Morgan fingerprint density at radius 2 is 1.90 bits per heavy atom. The number of benzene rings is 1. The highest BCUT2D eigenvalue weighted by molar-refractivity contribution is 5.73. The third-order valence-electron chi connectivity index (χ3n) is 3.46. The van der Waals surface area contributed by atoms with Crippen LogP contribution in [0.25, 0.3) is 0 Å². The molecule has 1 aromatic heterocycles. The molecule has 0 saturated carbocycles. The van der Waals surface area contributed by atoms with Crippen LogP contribution < -0.4 is 11.1 Å². The zero-order valence-electron chi connectivity index (χ0n) is 13.0. The number of nitrogens with zero attached hydrogens (tertiary/aromatic N) is 2. The quantitative estimate of drug-likeness (QED) is 0.892. The van der Waals surface area contributed by atoms with Crippen LogP contribution in [-0.2, 0) is 12.0 Å². The average Bonchev–Trinajstić information content (AvgIpc) is 2.66. The van der Waals surface area contributed by atoms with E-state index in [0.29, 0.717) is 0 Å². The Bertz CT molecular complexity index is 605. The first kappa shape index (κ1) is 14.4. The van der Waals surface area contributed by atoms with Gasteiger partial charge in [-0.05, 0) is 30.9 Å². The predicted octanol–water partition coefficient (Wildman–Crippen LogP) is 3.83. The molecule has 0 unspecified atom stereocenters. The number of nitrogen functional groups attached to an aromatic ring is 1. The topological polar surface area (TPSA) is 55.9 Å². The largest absolute Gasteiger partial charge is 0.394 e. The number of para-hydroxylation sites is 1. The molecule has 0 aliphatic carbocycles. The lowest BCUT2D eigenvalue weighted by Gasteiger charge is -2.23. The Morgan fingerprint density at radius 3 is 2.50 bits per heavy atom. The molecule has 0 atom stereocenters. The fourth-order valence-corrected chi connectivity index (χ4v) is 2.33. The fraction of sp³-hybridized carbons (Fsp3) is 0.438. The van der Waals surface area contributed by atoms with Crippen molar-refractivity contribution in [2.45, 2.75) is 46.6 Å². The maximum absolute atomic E-state index is 6.14. The molecule has 1 heterocycles. The molecule has 108 valence electrons. The van der Waals surface area contributed by atoms with E-state index in [2.05, 4.69) is 56.3 Å². The van der Waals surface area contributed by atoms with Gasteiger partial charge in [0.25, 0.3) is 0 Å². The van der Waals surface area contributed by atoms with Crippen molar-refractivity contribution in [1.82, 2.24) is 9.78 Å². The summed E-state index contributed by atoms with van der Waals surface area (Å²) < 4.78 is 1.91. The Balaban J connectivity index is 2.46. The van der Waals surface area contributed by atoms with E-state index in [9.17, 15) is 0 Å². The SMILES string of the molecule is CCn1nc(C)c(N)c1Nc1ccccc1C(C)(C)C. The molecule has 2 aromatic rings. The summed E-state index contributed by atoms with van der Waals surface area (Å²) in [7, 11) is 0. The van der Waals surface area contributed by atoms with Gasteiger partial charge in [-0.15, -0.1) is 0 Å². The van der Waals surface area contributed by atoms with Gasteiger partial charge in [0, 0.05) is 12.2 Å². The summed E-state index contributed by atoms with van der Waals surface area (Å²) in [5, 5.41) is 7.91. The number of aryl methyl sites for hydroxylation is 2. The zero-order chi connectivity index (χ0) is 14.9. The smallest absolute Gasteiger partial charge is 0.152 e. The molecule has 1 aromatic carbocycles. The van der Waals surface area contributed by atoms with Crippen LogP contribution in [-0.4, -0.2) is 9.78 Å². The lowest BCUT2D eigenvalue weighted by atomic mass is 9.86. The van der Waals surface area contributed by atoms with Gasteiger partial charge >= 0.3 is 0 Å². The van der Waals surface area contributed by atoms with Crippen LogP contribution in [0.1, 0.15) is 39.0 Å². The van der Waals surface area contributed by atoms with Crippen molar-refractivity contribution in [3.8, 4) is 0 Å². The van der Waals surface area contributed by atoms with E-state index in [4.69, 9.17) is 5.73 Å². The number of hydrogen-bond donors (Lipinski definition) is 2. The van der Waals surface area contributed by atoms with Gasteiger partial charge in [-0.25, -0.2) is 4.68 Å². The minimum Gasteiger partial charge on any atom is -0.394 e. The maximum atomic E-state index is 6.14. The molecule has 0 bridgehead atoms. The second-order valence-electron chi connectivity index (χ2n) is 6.08. The normalized spacial score (nSPS) is 11.7. The number of nitrogens with two attached hydrogens (primary N) is 1. The molecule has 0 fully saturated rings. The summed E-state index contributed by atoms with van der Waals surface area (Å²) in [5.74, 6) is 0.877. The highest BCUT2D eigenvalue weighted by Gasteiger charge is 2.19. The van der Waals surface area contributed by atoms with E-state index in [1.165, 1.54) is 5.56 Å². The maximum Gasteiger partial charge on any atom is 0.152 e. The highest BCUT2D eigenvalue weighted by atomic mass is 15.3. The third-order valence-corrected chi connectivity index (χ3v) is 3.46. The molecular weight excluding hydrogens is 248 g/mol. The number of nitrogens with one attached hydrogen (secondary N) is 1. The summed E-state index contributed by atoms with van der Waals surface area (Å²) >= 11 is 0. The average molecular weight is 272 g/mol. The molecule has 0 aliphatic heterocycles. The first-order valence-electron chi connectivity index (χ1n) is 7.04. The van der Waals surface area contributed by atoms with Gasteiger partial charge in [-0.2, -0.15) is 5.10 Å². The number of rotatable bonds is 3. The van der Waals surface area contributed by atoms with E-state index in [0.717, 1.165) is 29.4 Å². The van der Waals surface area contributed by atoms with Crippen LogP contribution in [0.3, 0.4) is 0 Å². The van der Waals surface area contributed by atoms with E-state index in [1.807, 2.05) is 17.7 Å². The van der Waals surface area contributed by atoms with Gasteiger partial charge in [0.05, 0.1) is 11.4 Å². The molecule has 0 amide bonds. The minimum atomic E-state index is 0.0739. The molecule has 4 heteroatoms. The van der Waals surface area contributed by atoms with Crippen molar-refractivity contribution in [2.24, 2.45) is 0 Å². The van der Waals surface area contributed by atoms with Crippen LogP contribution in [0.4, 0.5) is 17.2 Å². The molecule has 2 rings (SSSR count). The van der Waals surface area contributed by atoms with Crippen molar-refractivity contribution in [1.29, 1.82) is 0 Å². The van der Waals surface area contributed by atoms with Crippen molar-refractivity contribution >= 4 is 17.2 Å². The van der Waals surface area contributed by atoms with Gasteiger partial charge in [-0.3, -0.25) is 0 Å². The van der Waals surface area contributed by atoms with Crippen LogP contribution >= 0.6 is 0 Å². The summed E-state index contributed by atoms with van der Waals surface area (Å²) in [6, 6.07) is 8.34. The Labute approximate surface area is 121 Å². The van der Waals surface area contributed by atoms with Crippen molar-refractivity contribution < 1.29 is 0 Å². The van der Waals surface area contributed by atoms with Gasteiger partial charge in [-0.1, -0.05) is 39.0 Å². The number of anilines is 3. The van der Waals surface area contributed by atoms with Crippen LogP contribution in [0.2, 0.25) is 0 Å². The van der Waals surface area contributed by atoms with E-state index in [-0.39, 0.29) is 5.41 Å². The van der Waals surface area contributed by atoms with Crippen molar-refractivity contribution in [3.63, 3.8) is 0 Å². The summed E-state index contributed by atoms with van der Waals surface area (Å²) in [6.45, 7) is 11.4. The second kappa shape index (κ2) is 5.19. The van der Waals surface area contributed by atoms with Crippen LogP contribution in [0, 0.1) is 6.92 Å². The standard InChI is InChI=1S/C16H24N4/c1-6-20-15(14(17)11(2)19-20)18-13-10-8-7-9-12(13)16(3,4)5/h7-10,18H,6,17H2,1-5H3. The summed E-state index contributed by atoms with van der Waals surface area (Å²) in [5.41, 5.74) is 10.1. The van der Waals surface area contributed by atoms with Gasteiger partial charge in [0.1, 0.15) is 0 Å². The molecule has 0 aliphatic rings. The first-order valence-corrected chi connectivity index (χ1v) is 7.04. The van der Waals surface area contributed by atoms with E-state index >= 15 is 0 Å². The molecule has 0 radical (unpaired) electrons. The number of hydrogen-bond acceptors (Lipinski definition) is 3. The van der Waals surface area contributed by atoms with Crippen LogP contribution in [0.15, 0.2) is 24.3 Å². The van der Waals surface area contributed by atoms with Gasteiger partial charge < -0.3 is 11.1 Å². The molecule has 0 spiro atoms. The Morgan fingerprint density at radius 1 is 1.25 bits per heavy atom. The Hall–Kier alpha value is -1.97. The molecular formula is C16H24N4. The minimum absolute atomic E-state index is 0.0739. The molecule has 4 nitrogen and oxygen atoms in total. The first-order chi connectivity index (χ1) is 9.34. The zero-order valence-corrected chi connectivity index (χ0v) is 13.0. The molecule has 0 saturated heterocycles. The van der Waals surface area contributed by atoms with Crippen LogP contribution in [0.5, 0.6) is 0 Å². The number of aromatic nitrogens is 2. The predicted molar refractivity (Wildman–Crippen MR) is 85.5 cm³/mol.